The van der Waals surface area contributed by atoms with Crippen molar-refractivity contribution in [1.82, 2.24) is 0 Å². The van der Waals surface area contributed by atoms with E-state index in [0.29, 0.717) is 35.2 Å². The Morgan fingerprint density at radius 3 is 2.34 bits per heavy atom. The number of rotatable bonds is 3. The van der Waals surface area contributed by atoms with E-state index in [2.05, 4.69) is 27.7 Å². The summed E-state index contributed by atoms with van der Waals surface area (Å²) in [4.78, 5) is 0. The number of ether oxygens (including phenoxy) is 4. The van der Waals surface area contributed by atoms with Crippen molar-refractivity contribution in [2.24, 2.45) is 52.3 Å². The molecule has 0 aromatic carbocycles. The molecule has 1 spiro atoms. The zero-order valence-electron chi connectivity index (χ0n) is 25.5. The Balaban J connectivity index is 1.03. The monoisotopic (exact) mass is 578 g/mol. The van der Waals surface area contributed by atoms with Gasteiger partial charge in [0.05, 0.1) is 25.4 Å². The summed E-state index contributed by atoms with van der Waals surface area (Å²) in [6.45, 7) is 10.3. The van der Waals surface area contributed by atoms with Gasteiger partial charge in [-0.2, -0.15) is 0 Å². The largest absolute Gasteiger partial charge is 0.394 e. The predicted molar refractivity (Wildman–Crippen MR) is 150 cm³/mol. The molecule has 17 atom stereocenters. The molecule has 0 bridgehead atoms. The molecule has 4 aliphatic carbocycles. The van der Waals surface area contributed by atoms with Crippen LogP contribution in [0.15, 0.2) is 0 Å². The van der Waals surface area contributed by atoms with E-state index in [1.54, 1.807) is 0 Å². The van der Waals surface area contributed by atoms with Crippen LogP contribution >= 0.6 is 0 Å². The molecule has 4 saturated carbocycles. The molecule has 8 heteroatoms. The molecule has 3 heterocycles. The summed E-state index contributed by atoms with van der Waals surface area (Å²) in [5.74, 6) is 4.08. The third kappa shape index (κ3) is 4.36. The van der Waals surface area contributed by atoms with Gasteiger partial charge in [0.15, 0.2) is 12.1 Å². The summed E-state index contributed by atoms with van der Waals surface area (Å²) in [6, 6.07) is 0. The second kappa shape index (κ2) is 10.4. The Morgan fingerprint density at radius 1 is 0.829 bits per heavy atom. The number of fused-ring (bicyclic) bond motifs is 7. The van der Waals surface area contributed by atoms with Crippen LogP contribution in [0.25, 0.3) is 0 Å². The number of aliphatic hydroxyl groups excluding tert-OH is 4. The van der Waals surface area contributed by atoms with Gasteiger partial charge in [0.1, 0.15) is 24.4 Å². The van der Waals surface area contributed by atoms with Gasteiger partial charge in [0, 0.05) is 12.3 Å². The summed E-state index contributed by atoms with van der Waals surface area (Å²) in [5.41, 5.74) is 0.612. The Bertz CT molecular complexity index is 967. The molecule has 234 valence electrons. The molecular weight excluding hydrogens is 524 g/mol. The van der Waals surface area contributed by atoms with Crippen LogP contribution in [-0.2, 0) is 18.9 Å². The van der Waals surface area contributed by atoms with Crippen molar-refractivity contribution in [3.05, 3.63) is 0 Å². The van der Waals surface area contributed by atoms with E-state index in [0.717, 1.165) is 50.0 Å². The third-order valence-corrected chi connectivity index (χ3v) is 14.1. The maximum absolute atomic E-state index is 10.5. The summed E-state index contributed by atoms with van der Waals surface area (Å²) in [5, 5.41) is 40.4. The summed E-state index contributed by atoms with van der Waals surface area (Å²) < 4.78 is 25.4. The van der Waals surface area contributed by atoms with E-state index in [4.69, 9.17) is 18.9 Å². The van der Waals surface area contributed by atoms with Gasteiger partial charge < -0.3 is 39.4 Å². The molecule has 4 N–H and O–H groups in total. The average molecular weight is 579 g/mol. The topological polar surface area (TPSA) is 118 Å². The molecule has 0 radical (unpaired) electrons. The molecule has 0 amide bonds. The van der Waals surface area contributed by atoms with E-state index in [-0.39, 0.29) is 17.3 Å². The maximum atomic E-state index is 10.5. The first-order valence-electron chi connectivity index (χ1n) is 16.8. The van der Waals surface area contributed by atoms with Gasteiger partial charge in [0.25, 0.3) is 0 Å². The highest BCUT2D eigenvalue weighted by Gasteiger charge is 2.69. The Labute approximate surface area is 245 Å². The van der Waals surface area contributed by atoms with Crippen LogP contribution in [0, 0.1) is 52.3 Å². The van der Waals surface area contributed by atoms with Gasteiger partial charge >= 0.3 is 0 Å². The lowest BCUT2D eigenvalue weighted by molar-refractivity contribution is -0.316. The van der Waals surface area contributed by atoms with Crippen molar-refractivity contribution in [2.75, 3.05) is 13.2 Å². The zero-order chi connectivity index (χ0) is 28.9. The molecule has 3 saturated heterocycles. The predicted octanol–water partition coefficient (Wildman–Crippen LogP) is 3.62. The first kappa shape index (κ1) is 29.4. The van der Waals surface area contributed by atoms with Gasteiger partial charge in [-0.3, -0.25) is 0 Å². The molecule has 0 aromatic heterocycles. The SMILES string of the molecule is CC1CC[C@@]2(OC1)O[C@H]1C[C@H]3[C@@H]4CC[C@@H]5C[C@@H](O[C@@H]6O[C@H](CO)[C@H](O)[C@H](O)[C@H]6O)CC[C@]5(C)[C@H]4CC[C@]3(C)[C@H]1[C@@H]2C. The maximum Gasteiger partial charge on any atom is 0.186 e. The zero-order valence-corrected chi connectivity index (χ0v) is 25.5. The molecule has 41 heavy (non-hydrogen) atoms. The fraction of sp³-hybridized carbons (Fsp3) is 1.00. The molecule has 7 aliphatic rings. The minimum atomic E-state index is -1.40. The minimum Gasteiger partial charge on any atom is -0.394 e. The summed E-state index contributed by atoms with van der Waals surface area (Å²) in [7, 11) is 0. The fourth-order valence-electron chi connectivity index (χ4n) is 11.7. The number of aliphatic hydroxyl groups is 4. The van der Waals surface area contributed by atoms with Crippen molar-refractivity contribution in [3.63, 3.8) is 0 Å². The lowest BCUT2D eigenvalue weighted by Crippen LogP contribution is -2.60. The van der Waals surface area contributed by atoms with Crippen molar-refractivity contribution in [3.8, 4) is 0 Å². The number of hydrogen-bond acceptors (Lipinski definition) is 8. The van der Waals surface area contributed by atoms with Gasteiger partial charge in [-0.25, -0.2) is 0 Å². The molecule has 0 aromatic rings. The quantitative estimate of drug-likeness (QED) is 0.375. The van der Waals surface area contributed by atoms with Gasteiger partial charge in [-0.05, 0) is 104 Å². The van der Waals surface area contributed by atoms with Crippen LogP contribution in [0.3, 0.4) is 0 Å². The summed E-state index contributed by atoms with van der Waals surface area (Å²) in [6.07, 6.45) is 5.64. The average Bonchev–Trinajstić information content (AvgIpc) is 3.40. The van der Waals surface area contributed by atoms with Crippen LogP contribution in [-0.4, -0.2) is 82.3 Å². The standard InChI is InChI=1S/C33H54O8/c1-17-7-12-33(38-16-17)18(2)26-24(41-33)14-23-21-6-5-19-13-20(8-10-31(19,3)22(21)9-11-32(23,26)4)39-30-29(37)28(36)27(35)25(15-34)40-30/h17-30,34-37H,5-16H2,1-4H3/t17?,18-,19+,20-,21+,22-,23-,24-,25+,26-,27-,28-,29+,30+,31-,32-,33+/m0/s1. The summed E-state index contributed by atoms with van der Waals surface area (Å²) >= 11 is 0. The lowest BCUT2D eigenvalue weighted by atomic mass is 9.44. The van der Waals surface area contributed by atoms with Crippen molar-refractivity contribution >= 4 is 0 Å². The highest BCUT2D eigenvalue weighted by molar-refractivity contribution is 5.15. The van der Waals surface area contributed by atoms with Crippen LogP contribution in [0.2, 0.25) is 0 Å². The second-order valence-corrected chi connectivity index (χ2v) is 15.9. The van der Waals surface area contributed by atoms with Gasteiger partial charge in [0.2, 0.25) is 0 Å². The van der Waals surface area contributed by atoms with Crippen molar-refractivity contribution in [2.45, 2.75) is 141 Å². The molecule has 8 nitrogen and oxygen atoms in total. The number of hydrogen-bond donors (Lipinski definition) is 4. The van der Waals surface area contributed by atoms with Crippen LogP contribution in [0.4, 0.5) is 0 Å². The van der Waals surface area contributed by atoms with Crippen molar-refractivity contribution in [1.29, 1.82) is 0 Å². The van der Waals surface area contributed by atoms with Crippen molar-refractivity contribution < 1.29 is 39.4 Å². The molecule has 7 fully saturated rings. The fourth-order valence-corrected chi connectivity index (χ4v) is 11.7. The van der Waals surface area contributed by atoms with E-state index in [1.807, 2.05) is 0 Å². The van der Waals surface area contributed by atoms with Gasteiger partial charge in [-0.15, -0.1) is 0 Å². The van der Waals surface area contributed by atoms with Crippen LogP contribution in [0.5, 0.6) is 0 Å². The first-order chi connectivity index (χ1) is 19.5. The molecule has 7 rings (SSSR count). The van der Waals surface area contributed by atoms with E-state index in [9.17, 15) is 20.4 Å². The first-order valence-corrected chi connectivity index (χ1v) is 16.8. The van der Waals surface area contributed by atoms with Crippen LogP contribution in [0.1, 0.15) is 91.9 Å². The highest BCUT2D eigenvalue weighted by Crippen LogP contribution is 2.71. The van der Waals surface area contributed by atoms with E-state index in [1.165, 1.54) is 38.5 Å². The Morgan fingerprint density at radius 2 is 1.61 bits per heavy atom. The normalized spacial score (nSPS) is 60.3. The van der Waals surface area contributed by atoms with Crippen LogP contribution < -0.4 is 0 Å². The molecule has 1 unspecified atom stereocenters. The smallest absolute Gasteiger partial charge is 0.186 e. The van der Waals surface area contributed by atoms with Gasteiger partial charge in [-0.1, -0.05) is 27.7 Å². The second-order valence-electron chi connectivity index (χ2n) is 15.9. The van der Waals surface area contributed by atoms with E-state index >= 15 is 0 Å². The Kier molecular flexibility index (Phi) is 7.43. The lowest BCUT2D eigenvalue weighted by Gasteiger charge is -2.61. The third-order valence-electron chi connectivity index (χ3n) is 14.1. The molecular formula is C33H54O8. The Hall–Kier alpha value is -0.320. The molecule has 3 aliphatic heterocycles. The highest BCUT2D eigenvalue weighted by atomic mass is 16.7. The van der Waals surface area contributed by atoms with E-state index < -0.39 is 37.3 Å². The minimum absolute atomic E-state index is 0.0607.